The number of H-pyrrole nitrogens is 1. The van der Waals surface area contributed by atoms with E-state index in [4.69, 9.17) is 4.52 Å². The Kier molecular flexibility index (Phi) is 4.62. The zero-order valence-corrected chi connectivity index (χ0v) is 15.4. The molecule has 6 nitrogen and oxygen atoms in total. The second-order valence-corrected chi connectivity index (χ2v) is 6.87. The summed E-state index contributed by atoms with van der Waals surface area (Å²) in [6, 6.07) is 15.3. The number of benzene rings is 2. The number of hydrogen-bond acceptors (Lipinski definition) is 4. The van der Waals surface area contributed by atoms with Gasteiger partial charge < -0.3 is 14.8 Å². The van der Waals surface area contributed by atoms with Gasteiger partial charge in [-0.3, -0.25) is 4.79 Å². The number of para-hydroxylation sites is 3. The molecule has 6 heteroatoms. The SMILES string of the molecule is CCC(C)C(NC(=O)Cc1noc2ccccc12)c1nc2ccccc2[nH]1. The third-order valence-corrected chi connectivity index (χ3v) is 5.01. The molecule has 0 saturated heterocycles. The van der Waals surface area contributed by atoms with Gasteiger partial charge in [0.15, 0.2) is 5.58 Å². The Morgan fingerprint density at radius 3 is 2.78 bits per heavy atom. The summed E-state index contributed by atoms with van der Waals surface area (Å²) in [4.78, 5) is 20.8. The molecule has 138 valence electrons. The molecule has 0 bridgehead atoms. The Bertz CT molecular complexity index is 1050. The molecular weight excluding hydrogens is 340 g/mol. The Labute approximate surface area is 157 Å². The molecule has 0 aliphatic heterocycles. The van der Waals surface area contributed by atoms with Crippen LogP contribution in [0.15, 0.2) is 53.1 Å². The molecule has 0 aliphatic rings. The summed E-state index contributed by atoms with van der Waals surface area (Å²) in [5, 5.41) is 8.06. The summed E-state index contributed by atoms with van der Waals surface area (Å²) in [7, 11) is 0. The smallest absolute Gasteiger partial charge is 0.226 e. The van der Waals surface area contributed by atoms with Crippen molar-refractivity contribution in [2.75, 3.05) is 0 Å². The number of amides is 1. The molecule has 0 radical (unpaired) electrons. The quantitative estimate of drug-likeness (QED) is 0.540. The molecule has 2 heterocycles. The fraction of sp³-hybridized carbons (Fsp3) is 0.286. The lowest BCUT2D eigenvalue weighted by molar-refractivity contribution is -0.121. The topological polar surface area (TPSA) is 83.8 Å². The number of aromatic nitrogens is 3. The molecule has 2 unspecified atom stereocenters. The maximum absolute atomic E-state index is 12.7. The van der Waals surface area contributed by atoms with Crippen LogP contribution < -0.4 is 5.32 Å². The molecule has 0 saturated carbocycles. The molecule has 1 amide bonds. The molecule has 4 rings (SSSR count). The lowest BCUT2D eigenvalue weighted by atomic mass is 9.98. The van der Waals surface area contributed by atoms with Crippen LogP contribution in [0.25, 0.3) is 22.0 Å². The predicted octanol–water partition coefficient (Wildman–Crippen LogP) is 4.15. The van der Waals surface area contributed by atoms with Crippen molar-refractivity contribution >= 4 is 27.9 Å². The number of nitrogens with zero attached hydrogens (tertiary/aromatic N) is 2. The van der Waals surface area contributed by atoms with Crippen molar-refractivity contribution in [3.63, 3.8) is 0 Å². The fourth-order valence-electron chi connectivity index (χ4n) is 3.28. The zero-order valence-electron chi connectivity index (χ0n) is 15.4. The van der Waals surface area contributed by atoms with E-state index in [1.54, 1.807) is 0 Å². The minimum absolute atomic E-state index is 0.0974. The highest BCUT2D eigenvalue weighted by Crippen LogP contribution is 2.25. The van der Waals surface area contributed by atoms with Gasteiger partial charge in [0, 0.05) is 5.39 Å². The second kappa shape index (κ2) is 7.23. The van der Waals surface area contributed by atoms with Gasteiger partial charge in [0.25, 0.3) is 0 Å². The first-order valence-corrected chi connectivity index (χ1v) is 9.23. The summed E-state index contributed by atoms with van der Waals surface area (Å²) < 4.78 is 5.30. The van der Waals surface area contributed by atoms with Crippen LogP contribution >= 0.6 is 0 Å². The van der Waals surface area contributed by atoms with E-state index in [1.807, 2.05) is 48.5 Å². The van der Waals surface area contributed by atoms with E-state index >= 15 is 0 Å². The van der Waals surface area contributed by atoms with Crippen LogP contribution in [0, 0.1) is 5.92 Å². The lowest BCUT2D eigenvalue weighted by Crippen LogP contribution is -2.34. The number of carbonyl (C=O) groups is 1. The van der Waals surface area contributed by atoms with Gasteiger partial charge in [0.2, 0.25) is 5.91 Å². The van der Waals surface area contributed by atoms with Gasteiger partial charge in [-0.2, -0.15) is 0 Å². The molecule has 0 spiro atoms. The number of fused-ring (bicyclic) bond motifs is 2. The molecule has 0 fully saturated rings. The largest absolute Gasteiger partial charge is 0.356 e. The fourth-order valence-corrected chi connectivity index (χ4v) is 3.28. The maximum atomic E-state index is 12.7. The molecule has 4 aromatic rings. The number of hydrogen-bond donors (Lipinski definition) is 2. The van der Waals surface area contributed by atoms with Crippen molar-refractivity contribution < 1.29 is 9.32 Å². The lowest BCUT2D eigenvalue weighted by Gasteiger charge is -2.22. The standard InChI is InChI=1S/C21H22N4O2/c1-3-13(2)20(21-22-15-9-5-6-10-16(15)23-21)24-19(26)12-17-14-8-4-7-11-18(14)27-25-17/h4-11,13,20H,3,12H2,1-2H3,(H,22,23)(H,24,26). The van der Waals surface area contributed by atoms with E-state index in [0.717, 1.165) is 28.7 Å². The number of rotatable bonds is 6. The summed E-state index contributed by atoms with van der Waals surface area (Å²) in [5.74, 6) is 0.923. The molecule has 2 aromatic heterocycles. The van der Waals surface area contributed by atoms with E-state index in [1.165, 1.54) is 0 Å². The molecule has 0 aliphatic carbocycles. The number of aromatic amines is 1. The highest BCUT2D eigenvalue weighted by Gasteiger charge is 2.24. The third kappa shape index (κ3) is 3.43. The van der Waals surface area contributed by atoms with E-state index in [-0.39, 0.29) is 24.3 Å². The average molecular weight is 362 g/mol. The van der Waals surface area contributed by atoms with Crippen molar-refractivity contribution in [3.05, 3.63) is 60.0 Å². The first-order chi connectivity index (χ1) is 13.2. The van der Waals surface area contributed by atoms with Gasteiger partial charge in [-0.05, 0) is 30.2 Å². The van der Waals surface area contributed by atoms with Gasteiger partial charge in [0.05, 0.1) is 23.5 Å². The monoisotopic (exact) mass is 362 g/mol. The summed E-state index contributed by atoms with van der Waals surface area (Å²) in [6.07, 6.45) is 1.10. The molecule has 27 heavy (non-hydrogen) atoms. The van der Waals surface area contributed by atoms with Crippen molar-refractivity contribution in [2.45, 2.75) is 32.7 Å². The zero-order chi connectivity index (χ0) is 18.8. The van der Waals surface area contributed by atoms with Crippen LogP contribution in [-0.2, 0) is 11.2 Å². The molecule has 2 aromatic carbocycles. The minimum Gasteiger partial charge on any atom is -0.356 e. The van der Waals surface area contributed by atoms with Crippen LogP contribution in [0.1, 0.15) is 37.8 Å². The molecule has 2 atom stereocenters. The second-order valence-electron chi connectivity index (χ2n) is 6.87. The van der Waals surface area contributed by atoms with Crippen LogP contribution in [0.4, 0.5) is 0 Å². The van der Waals surface area contributed by atoms with Gasteiger partial charge >= 0.3 is 0 Å². The normalized spacial score (nSPS) is 13.7. The van der Waals surface area contributed by atoms with Crippen LogP contribution in [0.3, 0.4) is 0 Å². The average Bonchev–Trinajstić information content (AvgIpc) is 3.30. The first-order valence-electron chi connectivity index (χ1n) is 9.23. The van der Waals surface area contributed by atoms with Crippen LogP contribution in [-0.4, -0.2) is 21.0 Å². The summed E-state index contributed by atoms with van der Waals surface area (Å²) >= 11 is 0. The van der Waals surface area contributed by atoms with Gasteiger partial charge in [0.1, 0.15) is 11.5 Å². The first kappa shape index (κ1) is 17.3. The Balaban J connectivity index is 1.57. The molecule has 2 N–H and O–H groups in total. The van der Waals surface area contributed by atoms with E-state index in [2.05, 4.69) is 34.3 Å². The van der Waals surface area contributed by atoms with Crippen molar-refractivity contribution in [1.29, 1.82) is 0 Å². The van der Waals surface area contributed by atoms with Crippen molar-refractivity contribution in [2.24, 2.45) is 5.92 Å². The number of nitrogens with one attached hydrogen (secondary N) is 2. The summed E-state index contributed by atoms with van der Waals surface area (Å²) in [5.41, 5.74) is 3.21. The van der Waals surface area contributed by atoms with Gasteiger partial charge in [-0.25, -0.2) is 4.98 Å². The van der Waals surface area contributed by atoms with E-state index in [9.17, 15) is 4.79 Å². The van der Waals surface area contributed by atoms with Crippen molar-refractivity contribution in [1.82, 2.24) is 20.4 Å². The van der Waals surface area contributed by atoms with Crippen LogP contribution in [0.5, 0.6) is 0 Å². The van der Waals surface area contributed by atoms with E-state index in [0.29, 0.717) is 11.3 Å². The Morgan fingerprint density at radius 2 is 1.96 bits per heavy atom. The minimum atomic E-state index is -0.187. The highest BCUT2D eigenvalue weighted by molar-refractivity contribution is 5.86. The Morgan fingerprint density at radius 1 is 1.19 bits per heavy atom. The predicted molar refractivity (Wildman–Crippen MR) is 104 cm³/mol. The third-order valence-electron chi connectivity index (χ3n) is 5.01. The number of carbonyl (C=O) groups excluding carboxylic acids is 1. The summed E-state index contributed by atoms with van der Waals surface area (Å²) in [6.45, 7) is 4.22. The Hall–Kier alpha value is -3.15. The van der Waals surface area contributed by atoms with Gasteiger partial charge in [-0.1, -0.05) is 49.7 Å². The molecular formula is C21H22N4O2. The van der Waals surface area contributed by atoms with E-state index < -0.39 is 0 Å². The number of imidazole rings is 1. The van der Waals surface area contributed by atoms with Gasteiger partial charge in [-0.15, -0.1) is 0 Å². The maximum Gasteiger partial charge on any atom is 0.226 e. The van der Waals surface area contributed by atoms with Crippen LogP contribution in [0.2, 0.25) is 0 Å². The van der Waals surface area contributed by atoms with Crippen molar-refractivity contribution in [3.8, 4) is 0 Å². The highest BCUT2D eigenvalue weighted by atomic mass is 16.5.